The molecule has 0 aliphatic heterocycles. The molecule has 2 aromatic carbocycles. The average Bonchev–Trinajstić information content (AvgIpc) is 2.73. The number of aryl methyl sites for hydroxylation is 2. The van der Waals surface area contributed by atoms with Crippen molar-refractivity contribution in [1.29, 1.82) is 0 Å². The lowest BCUT2D eigenvalue weighted by Crippen LogP contribution is -2.38. The van der Waals surface area contributed by atoms with Crippen molar-refractivity contribution < 1.29 is 14.7 Å². The van der Waals surface area contributed by atoms with Crippen LogP contribution in [0.2, 0.25) is 0 Å². The standard InChI is InChI=1S/C23H20N2O5/c1-13-6-3-4-7-16(13)25-22(29)15-12-14(10-11-17(15)24(2)23(25)30)21(28)20-18(26)8-5-9-19(20)27/h3-4,6-7,10-12,28H,5,8-9H2,1-2H3. The van der Waals surface area contributed by atoms with Gasteiger partial charge in [0.15, 0.2) is 11.6 Å². The first-order valence-electron chi connectivity index (χ1n) is 9.63. The maximum absolute atomic E-state index is 13.3. The Labute approximate surface area is 171 Å². The van der Waals surface area contributed by atoms with E-state index < -0.39 is 28.6 Å². The fourth-order valence-electron chi connectivity index (χ4n) is 3.86. The largest absolute Gasteiger partial charge is 0.506 e. The second kappa shape index (κ2) is 7.26. The number of aliphatic hydroxyl groups excluding tert-OH is 1. The fourth-order valence-corrected chi connectivity index (χ4v) is 3.86. The molecule has 0 bridgehead atoms. The van der Waals surface area contributed by atoms with Gasteiger partial charge in [0.25, 0.3) is 5.56 Å². The summed E-state index contributed by atoms with van der Waals surface area (Å²) in [5.74, 6) is -1.23. The lowest BCUT2D eigenvalue weighted by Gasteiger charge is -2.15. The fraction of sp³-hybridized carbons (Fsp3) is 0.217. The molecule has 4 rings (SSSR count). The van der Waals surface area contributed by atoms with Crippen LogP contribution in [0.1, 0.15) is 30.4 Å². The van der Waals surface area contributed by atoms with Crippen LogP contribution in [0.4, 0.5) is 0 Å². The van der Waals surface area contributed by atoms with E-state index in [1.165, 1.54) is 22.8 Å². The maximum atomic E-state index is 13.3. The minimum Gasteiger partial charge on any atom is -0.506 e. The summed E-state index contributed by atoms with van der Waals surface area (Å²) in [6, 6.07) is 11.5. The SMILES string of the molecule is Cc1ccccc1-n1c(=O)c2cc(C(O)=C3C(=O)CCCC3=O)ccc2n(C)c1=O. The number of aliphatic hydroxyl groups is 1. The number of carbonyl (C=O) groups is 2. The van der Waals surface area contributed by atoms with Crippen molar-refractivity contribution in [2.45, 2.75) is 26.2 Å². The molecule has 0 unspecified atom stereocenters. The van der Waals surface area contributed by atoms with Crippen LogP contribution in [0.3, 0.4) is 0 Å². The summed E-state index contributed by atoms with van der Waals surface area (Å²) in [4.78, 5) is 50.5. The Hall–Kier alpha value is -3.74. The Morgan fingerprint density at radius 1 is 0.967 bits per heavy atom. The highest BCUT2D eigenvalue weighted by molar-refractivity contribution is 6.25. The number of Topliss-reactive ketones (excluding diaryl/α,β-unsaturated/α-hetero) is 2. The summed E-state index contributed by atoms with van der Waals surface area (Å²) in [5.41, 5.74) is 0.555. The number of nitrogens with zero attached hydrogens (tertiary/aromatic N) is 2. The molecule has 0 spiro atoms. The smallest absolute Gasteiger partial charge is 0.335 e. The molecule has 30 heavy (non-hydrogen) atoms. The van der Waals surface area contributed by atoms with Crippen LogP contribution in [0, 0.1) is 6.92 Å². The van der Waals surface area contributed by atoms with E-state index in [1.54, 1.807) is 32.2 Å². The van der Waals surface area contributed by atoms with Gasteiger partial charge in [-0.1, -0.05) is 18.2 Å². The van der Waals surface area contributed by atoms with Crippen molar-refractivity contribution in [3.05, 3.63) is 80.0 Å². The van der Waals surface area contributed by atoms with E-state index in [-0.39, 0.29) is 29.4 Å². The summed E-state index contributed by atoms with van der Waals surface area (Å²) < 4.78 is 2.44. The van der Waals surface area contributed by atoms with E-state index in [2.05, 4.69) is 0 Å². The van der Waals surface area contributed by atoms with Crippen molar-refractivity contribution >= 4 is 28.2 Å². The highest BCUT2D eigenvalue weighted by Gasteiger charge is 2.28. The van der Waals surface area contributed by atoms with Crippen LogP contribution in [-0.4, -0.2) is 25.8 Å². The number of para-hydroxylation sites is 1. The minimum atomic E-state index is -0.539. The zero-order valence-corrected chi connectivity index (χ0v) is 16.6. The topological polar surface area (TPSA) is 98.4 Å². The molecule has 1 aliphatic rings. The molecule has 0 atom stereocenters. The highest BCUT2D eigenvalue weighted by Crippen LogP contribution is 2.26. The maximum Gasteiger partial charge on any atom is 0.335 e. The predicted octanol–water partition coefficient (Wildman–Crippen LogP) is 2.59. The molecule has 1 heterocycles. The van der Waals surface area contributed by atoms with E-state index in [9.17, 15) is 24.3 Å². The van der Waals surface area contributed by atoms with Crippen LogP contribution in [0.25, 0.3) is 22.3 Å². The van der Waals surface area contributed by atoms with E-state index in [1.807, 2.05) is 6.07 Å². The second-order valence-corrected chi connectivity index (χ2v) is 7.42. The van der Waals surface area contributed by atoms with Gasteiger partial charge in [-0.2, -0.15) is 0 Å². The lowest BCUT2D eigenvalue weighted by atomic mass is 9.89. The number of carbonyl (C=O) groups excluding carboxylic acids is 2. The quantitative estimate of drug-likeness (QED) is 0.402. The monoisotopic (exact) mass is 404 g/mol. The molecule has 152 valence electrons. The van der Waals surface area contributed by atoms with E-state index in [4.69, 9.17) is 0 Å². The van der Waals surface area contributed by atoms with Crippen molar-refractivity contribution in [3.63, 3.8) is 0 Å². The molecule has 0 saturated heterocycles. The number of aromatic nitrogens is 2. The number of hydrogen-bond acceptors (Lipinski definition) is 5. The third-order valence-corrected chi connectivity index (χ3v) is 5.50. The summed E-state index contributed by atoms with van der Waals surface area (Å²) in [6.45, 7) is 1.80. The Morgan fingerprint density at radius 3 is 2.30 bits per heavy atom. The van der Waals surface area contributed by atoms with Gasteiger partial charge in [0.1, 0.15) is 11.3 Å². The molecule has 1 fully saturated rings. The van der Waals surface area contributed by atoms with Crippen LogP contribution < -0.4 is 11.2 Å². The first kappa shape index (κ1) is 19.6. The van der Waals surface area contributed by atoms with Gasteiger partial charge >= 0.3 is 5.69 Å². The van der Waals surface area contributed by atoms with Crippen LogP contribution in [-0.2, 0) is 16.6 Å². The Kier molecular flexibility index (Phi) is 4.73. The summed E-state index contributed by atoms with van der Waals surface area (Å²) >= 11 is 0. The van der Waals surface area contributed by atoms with Gasteiger partial charge in [-0.05, 0) is 43.2 Å². The van der Waals surface area contributed by atoms with E-state index >= 15 is 0 Å². The molecule has 1 N–H and O–H groups in total. The number of fused-ring (bicyclic) bond motifs is 1. The number of ketones is 2. The average molecular weight is 404 g/mol. The second-order valence-electron chi connectivity index (χ2n) is 7.42. The van der Waals surface area contributed by atoms with Gasteiger partial charge in [-0.3, -0.25) is 19.0 Å². The lowest BCUT2D eigenvalue weighted by molar-refractivity contribution is -0.123. The van der Waals surface area contributed by atoms with E-state index in [0.717, 1.165) is 10.1 Å². The Bertz CT molecular complexity index is 1360. The first-order valence-corrected chi connectivity index (χ1v) is 9.63. The van der Waals surface area contributed by atoms with Gasteiger partial charge in [-0.25, -0.2) is 9.36 Å². The van der Waals surface area contributed by atoms with Gasteiger partial charge in [-0.15, -0.1) is 0 Å². The molecule has 1 aromatic heterocycles. The third-order valence-electron chi connectivity index (χ3n) is 5.50. The number of allylic oxidation sites excluding steroid dienone is 1. The molecule has 7 heteroatoms. The van der Waals surface area contributed by atoms with Crippen LogP contribution in [0.15, 0.2) is 57.6 Å². The summed E-state index contributed by atoms with van der Waals surface area (Å²) in [7, 11) is 1.56. The first-order chi connectivity index (χ1) is 14.3. The molecule has 1 saturated carbocycles. The predicted molar refractivity (Wildman–Crippen MR) is 113 cm³/mol. The molecule has 0 amide bonds. The van der Waals surface area contributed by atoms with Crippen molar-refractivity contribution in [1.82, 2.24) is 9.13 Å². The van der Waals surface area contributed by atoms with Gasteiger partial charge in [0.05, 0.1) is 16.6 Å². The number of benzene rings is 2. The summed E-state index contributed by atoms with van der Waals surface area (Å²) in [5, 5.41) is 10.8. The molecule has 1 aliphatic carbocycles. The van der Waals surface area contributed by atoms with Crippen LogP contribution >= 0.6 is 0 Å². The van der Waals surface area contributed by atoms with Crippen molar-refractivity contribution in [2.75, 3.05) is 0 Å². The zero-order chi connectivity index (χ0) is 21.6. The van der Waals surface area contributed by atoms with Crippen molar-refractivity contribution in [2.24, 2.45) is 7.05 Å². The summed E-state index contributed by atoms with van der Waals surface area (Å²) in [6.07, 6.45) is 0.871. The van der Waals surface area contributed by atoms with Gasteiger partial charge in [0, 0.05) is 25.5 Å². The minimum absolute atomic E-state index is 0.188. The Morgan fingerprint density at radius 2 is 1.63 bits per heavy atom. The van der Waals surface area contributed by atoms with Crippen molar-refractivity contribution in [3.8, 4) is 5.69 Å². The molecule has 0 radical (unpaired) electrons. The number of hydrogen-bond donors (Lipinski definition) is 1. The van der Waals surface area contributed by atoms with Gasteiger partial charge < -0.3 is 5.11 Å². The van der Waals surface area contributed by atoms with E-state index in [0.29, 0.717) is 17.6 Å². The molecular weight excluding hydrogens is 384 g/mol. The molecule has 3 aromatic rings. The third kappa shape index (κ3) is 2.99. The normalized spacial score (nSPS) is 14.4. The van der Waals surface area contributed by atoms with Gasteiger partial charge in [0.2, 0.25) is 0 Å². The van der Waals surface area contributed by atoms with Crippen LogP contribution in [0.5, 0.6) is 0 Å². The molecular formula is C23H20N2O5. The Balaban J connectivity index is 2.02. The highest BCUT2D eigenvalue weighted by atomic mass is 16.3. The zero-order valence-electron chi connectivity index (χ0n) is 16.6. The molecule has 7 nitrogen and oxygen atoms in total. The number of rotatable bonds is 2.